The van der Waals surface area contributed by atoms with Gasteiger partial charge in [0, 0.05) is 11.6 Å². The summed E-state index contributed by atoms with van der Waals surface area (Å²) in [6.07, 6.45) is 0. The van der Waals surface area contributed by atoms with Crippen LogP contribution in [0.15, 0.2) is 46.9 Å². The van der Waals surface area contributed by atoms with Crippen molar-refractivity contribution in [3.63, 3.8) is 0 Å². The molecule has 0 saturated heterocycles. The summed E-state index contributed by atoms with van der Waals surface area (Å²) >= 11 is 0. The van der Waals surface area contributed by atoms with Crippen LogP contribution in [0.4, 0.5) is 5.82 Å². The highest BCUT2D eigenvalue weighted by molar-refractivity contribution is 5.46. The van der Waals surface area contributed by atoms with Gasteiger partial charge in [0.05, 0.1) is 25.4 Å². The van der Waals surface area contributed by atoms with Gasteiger partial charge < -0.3 is 19.6 Å². The van der Waals surface area contributed by atoms with E-state index in [1.807, 2.05) is 50.2 Å². The zero-order valence-corrected chi connectivity index (χ0v) is 13.8. The maximum atomic E-state index is 9.15. The number of nitrogens with zero attached hydrogens (tertiary/aromatic N) is 2. The molecule has 2 heterocycles. The van der Waals surface area contributed by atoms with E-state index >= 15 is 0 Å². The molecule has 0 fully saturated rings. The molecule has 0 saturated carbocycles. The lowest BCUT2D eigenvalue weighted by Gasteiger charge is -2.09. The first-order valence-electron chi connectivity index (χ1n) is 7.87. The Balaban J connectivity index is 1.66. The predicted molar refractivity (Wildman–Crippen MR) is 91.3 cm³/mol. The fourth-order valence-electron chi connectivity index (χ4n) is 2.43. The highest BCUT2D eigenvalue weighted by atomic mass is 16.6. The number of anilines is 1. The lowest BCUT2D eigenvalue weighted by molar-refractivity contribution is 0.270. The van der Waals surface area contributed by atoms with Crippen LogP contribution < -0.4 is 10.1 Å². The Bertz CT molecular complexity index is 793. The number of para-hydroxylation sites is 1. The van der Waals surface area contributed by atoms with Gasteiger partial charge in [0.15, 0.2) is 0 Å². The molecule has 0 radical (unpaired) electrons. The van der Waals surface area contributed by atoms with Gasteiger partial charge in [-0.05, 0) is 32.0 Å². The highest BCUT2D eigenvalue weighted by Crippen LogP contribution is 2.25. The molecule has 3 rings (SSSR count). The average molecular weight is 327 g/mol. The van der Waals surface area contributed by atoms with Crippen LogP contribution in [0.25, 0.3) is 0 Å². The quantitative estimate of drug-likeness (QED) is 0.695. The standard InChI is InChI=1S/C18H21N3O3/c1-13-14(2)20-21(10-11-22)18(13)19-12-16-8-9-17(24-16)23-15-6-4-3-5-7-15/h3-9,19,22H,10-12H2,1-2H3. The summed E-state index contributed by atoms with van der Waals surface area (Å²) in [6.45, 7) is 4.97. The van der Waals surface area contributed by atoms with Crippen LogP contribution in [-0.2, 0) is 13.1 Å². The van der Waals surface area contributed by atoms with Crippen LogP contribution in [0.3, 0.4) is 0 Å². The summed E-state index contributed by atoms with van der Waals surface area (Å²) in [4.78, 5) is 0. The fourth-order valence-corrected chi connectivity index (χ4v) is 2.43. The van der Waals surface area contributed by atoms with Crippen molar-refractivity contribution >= 4 is 5.82 Å². The van der Waals surface area contributed by atoms with Crippen LogP contribution in [0.2, 0.25) is 0 Å². The third-order valence-corrected chi connectivity index (χ3v) is 3.77. The van der Waals surface area contributed by atoms with Gasteiger partial charge in [-0.3, -0.25) is 0 Å². The molecule has 0 aliphatic heterocycles. The van der Waals surface area contributed by atoms with E-state index in [1.165, 1.54) is 0 Å². The molecule has 24 heavy (non-hydrogen) atoms. The van der Waals surface area contributed by atoms with Crippen molar-refractivity contribution in [3.8, 4) is 11.7 Å². The van der Waals surface area contributed by atoms with Crippen molar-refractivity contribution in [2.45, 2.75) is 26.9 Å². The fraction of sp³-hybridized carbons (Fsp3) is 0.278. The van der Waals surface area contributed by atoms with Gasteiger partial charge in [0.25, 0.3) is 5.95 Å². The van der Waals surface area contributed by atoms with Gasteiger partial charge in [-0.15, -0.1) is 0 Å². The van der Waals surface area contributed by atoms with E-state index in [2.05, 4.69) is 10.4 Å². The minimum absolute atomic E-state index is 0.0467. The Kier molecular flexibility index (Phi) is 4.86. The van der Waals surface area contributed by atoms with E-state index in [-0.39, 0.29) is 6.61 Å². The smallest absolute Gasteiger partial charge is 0.290 e. The largest absolute Gasteiger partial charge is 0.429 e. The summed E-state index contributed by atoms with van der Waals surface area (Å²) in [6, 6.07) is 13.2. The Labute approximate surface area is 140 Å². The molecule has 0 spiro atoms. The lowest BCUT2D eigenvalue weighted by Crippen LogP contribution is -2.10. The Morgan fingerprint density at radius 2 is 1.96 bits per heavy atom. The minimum Gasteiger partial charge on any atom is -0.429 e. The van der Waals surface area contributed by atoms with E-state index in [1.54, 1.807) is 10.7 Å². The molecule has 1 aromatic carbocycles. The number of ether oxygens (including phenoxy) is 1. The van der Waals surface area contributed by atoms with E-state index in [4.69, 9.17) is 14.3 Å². The zero-order valence-electron chi connectivity index (χ0n) is 13.8. The second-order valence-electron chi connectivity index (χ2n) is 5.50. The molecule has 6 heteroatoms. The minimum atomic E-state index is 0.0467. The Morgan fingerprint density at radius 3 is 2.71 bits per heavy atom. The topological polar surface area (TPSA) is 72.5 Å². The van der Waals surface area contributed by atoms with Crippen LogP contribution in [-0.4, -0.2) is 21.5 Å². The van der Waals surface area contributed by atoms with Gasteiger partial charge in [-0.1, -0.05) is 18.2 Å². The molecular formula is C18H21N3O3. The number of hydrogen-bond acceptors (Lipinski definition) is 5. The molecule has 126 valence electrons. The second kappa shape index (κ2) is 7.23. The van der Waals surface area contributed by atoms with Gasteiger partial charge in [-0.2, -0.15) is 5.10 Å². The van der Waals surface area contributed by atoms with Crippen LogP contribution in [0.5, 0.6) is 11.7 Å². The molecule has 0 amide bonds. The monoisotopic (exact) mass is 327 g/mol. The van der Waals surface area contributed by atoms with E-state index in [9.17, 15) is 0 Å². The van der Waals surface area contributed by atoms with Crippen LogP contribution in [0.1, 0.15) is 17.0 Å². The number of furan rings is 1. The van der Waals surface area contributed by atoms with Crippen molar-refractivity contribution in [1.82, 2.24) is 9.78 Å². The van der Waals surface area contributed by atoms with Crippen LogP contribution >= 0.6 is 0 Å². The molecule has 0 aliphatic carbocycles. The predicted octanol–water partition coefficient (Wildman–Crippen LogP) is 3.49. The summed E-state index contributed by atoms with van der Waals surface area (Å²) < 4.78 is 13.1. The number of aliphatic hydroxyl groups is 1. The molecular weight excluding hydrogens is 306 g/mol. The highest BCUT2D eigenvalue weighted by Gasteiger charge is 2.12. The molecule has 0 atom stereocenters. The Morgan fingerprint density at radius 1 is 1.17 bits per heavy atom. The maximum Gasteiger partial charge on any atom is 0.290 e. The Hall–Kier alpha value is -2.73. The van der Waals surface area contributed by atoms with Gasteiger partial charge in [0.2, 0.25) is 0 Å². The number of rotatable bonds is 7. The number of aromatic nitrogens is 2. The van der Waals surface area contributed by atoms with E-state index in [0.29, 0.717) is 19.0 Å². The first-order chi connectivity index (χ1) is 11.7. The molecule has 0 bridgehead atoms. The van der Waals surface area contributed by atoms with Gasteiger partial charge in [0.1, 0.15) is 17.3 Å². The van der Waals surface area contributed by atoms with E-state index < -0.39 is 0 Å². The molecule has 2 N–H and O–H groups in total. The molecule has 2 aromatic heterocycles. The van der Waals surface area contributed by atoms with Crippen molar-refractivity contribution in [1.29, 1.82) is 0 Å². The molecule has 0 aliphatic rings. The summed E-state index contributed by atoms with van der Waals surface area (Å²) in [5, 5.41) is 16.9. The number of benzene rings is 1. The van der Waals surface area contributed by atoms with Crippen LogP contribution in [0, 0.1) is 13.8 Å². The normalized spacial score (nSPS) is 10.8. The third kappa shape index (κ3) is 3.60. The number of aryl methyl sites for hydroxylation is 1. The zero-order chi connectivity index (χ0) is 16.9. The molecule has 0 unspecified atom stereocenters. The third-order valence-electron chi connectivity index (χ3n) is 3.77. The number of nitrogens with one attached hydrogen (secondary N) is 1. The lowest BCUT2D eigenvalue weighted by atomic mass is 10.3. The summed E-state index contributed by atoms with van der Waals surface area (Å²) in [7, 11) is 0. The molecule has 6 nitrogen and oxygen atoms in total. The first kappa shape index (κ1) is 16.1. The van der Waals surface area contributed by atoms with Gasteiger partial charge in [-0.25, -0.2) is 4.68 Å². The van der Waals surface area contributed by atoms with E-state index in [0.717, 1.165) is 28.6 Å². The molecule has 3 aromatic rings. The summed E-state index contributed by atoms with van der Waals surface area (Å²) in [5.41, 5.74) is 2.01. The average Bonchev–Trinajstić information content (AvgIpc) is 3.13. The van der Waals surface area contributed by atoms with Crippen molar-refractivity contribution < 1.29 is 14.3 Å². The van der Waals surface area contributed by atoms with Crippen molar-refractivity contribution in [2.75, 3.05) is 11.9 Å². The number of aliphatic hydroxyl groups excluding tert-OH is 1. The number of hydrogen-bond donors (Lipinski definition) is 2. The van der Waals surface area contributed by atoms with Crippen molar-refractivity contribution in [2.24, 2.45) is 0 Å². The van der Waals surface area contributed by atoms with Crippen molar-refractivity contribution in [3.05, 3.63) is 59.5 Å². The summed E-state index contributed by atoms with van der Waals surface area (Å²) in [5.74, 6) is 2.84. The SMILES string of the molecule is Cc1nn(CCO)c(NCc2ccc(Oc3ccccc3)o2)c1C. The van der Waals surface area contributed by atoms with Gasteiger partial charge >= 0.3 is 0 Å². The second-order valence-corrected chi connectivity index (χ2v) is 5.50. The first-order valence-corrected chi connectivity index (χ1v) is 7.87. The maximum absolute atomic E-state index is 9.15.